The van der Waals surface area contributed by atoms with E-state index >= 15 is 0 Å². The monoisotopic (exact) mass is 508 g/mol. The number of nitrogens with zero attached hydrogens (tertiary/aromatic N) is 2. The van der Waals surface area contributed by atoms with Crippen molar-refractivity contribution in [2.24, 2.45) is 11.7 Å². The van der Waals surface area contributed by atoms with Crippen molar-refractivity contribution in [3.8, 4) is 0 Å². The molecule has 0 spiro atoms. The van der Waals surface area contributed by atoms with Gasteiger partial charge in [-0.05, 0) is 5.92 Å². The number of imidazole rings is 2. The molecule has 0 aliphatic heterocycles. The minimum absolute atomic E-state index is 0.0198. The lowest BCUT2D eigenvalue weighted by Crippen LogP contribution is -2.59. The van der Waals surface area contributed by atoms with Crippen LogP contribution in [0.25, 0.3) is 0 Å². The molecule has 8 N–H and O–H groups in total. The number of aromatic amines is 2. The summed E-state index contributed by atoms with van der Waals surface area (Å²) < 4.78 is 0. The van der Waals surface area contributed by atoms with E-state index in [4.69, 9.17) is 5.73 Å². The molecule has 2 aromatic rings. The number of rotatable bonds is 14. The third-order valence-electron chi connectivity index (χ3n) is 5.53. The normalized spacial score (nSPS) is 15.3. The van der Waals surface area contributed by atoms with Crippen molar-refractivity contribution in [2.75, 3.05) is 5.75 Å². The van der Waals surface area contributed by atoms with E-state index in [0.717, 1.165) is 0 Å². The molecule has 0 fully saturated rings. The van der Waals surface area contributed by atoms with Crippen molar-refractivity contribution < 1.29 is 24.3 Å². The van der Waals surface area contributed by atoms with Gasteiger partial charge in [0, 0.05) is 42.4 Å². The lowest BCUT2D eigenvalue weighted by Gasteiger charge is -2.27. The molecule has 14 heteroatoms. The topological polar surface area (TPSA) is 208 Å². The maximum atomic E-state index is 13.0. The number of carbonyl (C=O) groups is 4. The molecule has 35 heavy (non-hydrogen) atoms. The zero-order valence-corrected chi connectivity index (χ0v) is 20.4. The Bertz CT molecular complexity index is 969. The van der Waals surface area contributed by atoms with Gasteiger partial charge in [0.05, 0.1) is 18.7 Å². The van der Waals surface area contributed by atoms with E-state index in [2.05, 4.69) is 48.5 Å². The molecular weight excluding hydrogens is 476 g/mol. The second-order valence-corrected chi connectivity index (χ2v) is 8.55. The second kappa shape index (κ2) is 13.5. The van der Waals surface area contributed by atoms with E-state index in [1.54, 1.807) is 13.1 Å². The fourth-order valence-electron chi connectivity index (χ4n) is 3.23. The van der Waals surface area contributed by atoms with Crippen molar-refractivity contribution in [1.82, 2.24) is 35.9 Å². The summed E-state index contributed by atoms with van der Waals surface area (Å²) in [7, 11) is 0. The molecule has 0 bridgehead atoms. The number of aromatic nitrogens is 4. The van der Waals surface area contributed by atoms with Crippen LogP contribution in [0.5, 0.6) is 0 Å². The lowest BCUT2D eigenvalue weighted by atomic mass is 9.97. The number of aliphatic carboxylic acids is 1. The van der Waals surface area contributed by atoms with Crippen LogP contribution in [0.2, 0.25) is 0 Å². The van der Waals surface area contributed by atoms with Gasteiger partial charge in [0.15, 0.2) is 0 Å². The van der Waals surface area contributed by atoms with E-state index in [-0.39, 0.29) is 24.5 Å². The Labute approximate surface area is 207 Å². The van der Waals surface area contributed by atoms with Crippen LogP contribution in [0.15, 0.2) is 25.0 Å². The second-order valence-electron chi connectivity index (χ2n) is 8.18. The molecule has 0 saturated carbocycles. The summed E-state index contributed by atoms with van der Waals surface area (Å²) in [4.78, 5) is 63.4. The van der Waals surface area contributed by atoms with Gasteiger partial charge in [-0.15, -0.1) is 0 Å². The van der Waals surface area contributed by atoms with Crippen LogP contribution < -0.4 is 21.7 Å². The van der Waals surface area contributed by atoms with E-state index < -0.39 is 47.9 Å². The molecule has 2 aromatic heterocycles. The molecule has 192 valence electrons. The molecule has 0 aromatic carbocycles. The first kappa shape index (κ1) is 27.9. The number of carbonyl (C=O) groups excluding carboxylic acids is 3. The first-order valence-electron chi connectivity index (χ1n) is 11.1. The fourth-order valence-corrected chi connectivity index (χ4v) is 3.49. The van der Waals surface area contributed by atoms with Crippen molar-refractivity contribution in [3.63, 3.8) is 0 Å². The third-order valence-corrected chi connectivity index (χ3v) is 5.90. The highest BCUT2D eigenvalue weighted by Crippen LogP contribution is 2.10. The number of hydrogen-bond donors (Lipinski definition) is 8. The largest absolute Gasteiger partial charge is 0.480 e. The van der Waals surface area contributed by atoms with Crippen molar-refractivity contribution in [2.45, 2.75) is 57.3 Å². The van der Waals surface area contributed by atoms with E-state index in [0.29, 0.717) is 17.8 Å². The number of H-pyrrole nitrogens is 2. The van der Waals surface area contributed by atoms with Gasteiger partial charge in [-0.1, -0.05) is 20.3 Å². The highest BCUT2D eigenvalue weighted by atomic mass is 32.1. The Hall–Kier alpha value is -3.39. The standard InChI is InChI=1S/C21H32N8O5S/c1-3-11(2)17(29-18(30)14(22)4-12-6-23-9-25-12)20(32)28-16(8-35)19(31)27-15(21(33)34)5-13-7-24-10-26-13/h6-7,9-11,14-17,35H,3-5,8,22H2,1-2H3,(H,23,25)(H,24,26)(H,27,31)(H,28,32)(H,29,30)(H,33,34). The number of hydrogen-bond acceptors (Lipinski definition) is 8. The summed E-state index contributed by atoms with van der Waals surface area (Å²) in [5, 5.41) is 17.1. The summed E-state index contributed by atoms with van der Waals surface area (Å²) in [6, 6.07) is -4.25. The Morgan fingerprint density at radius 3 is 2.03 bits per heavy atom. The summed E-state index contributed by atoms with van der Waals surface area (Å²) >= 11 is 4.13. The van der Waals surface area contributed by atoms with E-state index in [9.17, 15) is 24.3 Å². The van der Waals surface area contributed by atoms with Crippen LogP contribution in [0.1, 0.15) is 31.7 Å². The number of carboxylic acids is 1. The van der Waals surface area contributed by atoms with E-state index in [1.807, 2.05) is 6.92 Å². The van der Waals surface area contributed by atoms with Gasteiger partial charge in [0.25, 0.3) is 0 Å². The zero-order chi connectivity index (χ0) is 26.0. The van der Waals surface area contributed by atoms with Crippen molar-refractivity contribution in [1.29, 1.82) is 0 Å². The summed E-state index contributed by atoms with van der Waals surface area (Å²) in [5.74, 6) is -3.45. The van der Waals surface area contributed by atoms with Crippen LogP contribution in [0.4, 0.5) is 0 Å². The molecule has 3 amide bonds. The number of nitrogens with one attached hydrogen (secondary N) is 5. The molecule has 13 nitrogen and oxygen atoms in total. The summed E-state index contributed by atoms with van der Waals surface area (Å²) in [6.07, 6.45) is 6.63. The minimum Gasteiger partial charge on any atom is -0.480 e. The highest BCUT2D eigenvalue weighted by molar-refractivity contribution is 7.80. The van der Waals surface area contributed by atoms with Crippen LogP contribution in [-0.4, -0.2) is 78.7 Å². The predicted octanol–water partition coefficient (Wildman–Crippen LogP) is -1.24. The number of nitrogens with two attached hydrogens (primary N) is 1. The molecule has 2 rings (SSSR count). The summed E-state index contributed by atoms with van der Waals surface area (Å²) in [5.41, 5.74) is 7.18. The first-order chi connectivity index (χ1) is 16.7. The molecule has 5 unspecified atom stereocenters. The van der Waals surface area contributed by atoms with Gasteiger partial charge >= 0.3 is 5.97 Å². The quantitative estimate of drug-likeness (QED) is 0.144. The molecule has 0 saturated heterocycles. The lowest BCUT2D eigenvalue weighted by molar-refractivity contribution is -0.142. The van der Waals surface area contributed by atoms with Crippen LogP contribution in [0.3, 0.4) is 0 Å². The molecule has 0 aliphatic carbocycles. The maximum absolute atomic E-state index is 13.0. The van der Waals surface area contributed by atoms with Gasteiger partial charge in [0.1, 0.15) is 18.1 Å². The predicted molar refractivity (Wildman–Crippen MR) is 129 cm³/mol. The average molecular weight is 509 g/mol. The highest BCUT2D eigenvalue weighted by Gasteiger charge is 2.32. The molecule has 2 heterocycles. The van der Waals surface area contributed by atoms with Crippen LogP contribution in [-0.2, 0) is 32.0 Å². The maximum Gasteiger partial charge on any atom is 0.326 e. The van der Waals surface area contributed by atoms with Gasteiger partial charge < -0.3 is 36.8 Å². The molecular formula is C21H32N8O5S. The van der Waals surface area contributed by atoms with Crippen LogP contribution in [0, 0.1) is 5.92 Å². The number of thiol groups is 1. The molecule has 5 atom stereocenters. The third kappa shape index (κ3) is 8.40. The van der Waals surface area contributed by atoms with Crippen molar-refractivity contribution in [3.05, 3.63) is 36.4 Å². The SMILES string of the molecule is CCC(C)C(NC(=O)C(N)Cc1cnc[nH]1)C(=O)NC(CS)C(=O)NC(Cc1cnc[nH]1)C(=O)O. The Morgan fingerprint density at radius 1 is 0.971 bits per heavy atom. The van der Waals surface area contributed by atoms with Gasteiger partial charge in [0.2, 0.25) is 17.7 Å². The zero-order valence-electron chi connectivity index (χ0n) is 19.5. The Morgan fingerprint density at radius 2 is 1.54 bits per heavy atom. The van der Waals surface area contributed by atoms with Gasteiger partial charge in [-0.3, -0.25) is 14.4 Å². The molecule has 0 aliphatic rings. The first-order valence-corrected chi connectivity index (χ1v) is 11.7. The smallest absolute Gasteiger partial charge is 0.326 e. The van der Waals surface area contributed by atoms with Gasteiger partial charge in [-0.2, -0.15) is 12.6 Å². The Balaban J connectivity index is 2.03. The fraction of sp³-hybridized carbons (Fsp3) is 0.524. The van der Waals surface area contributed by atoms with Gasteiger partial charge in [-0.25, -0.2) is 14.8 Å². The number of amides is 3. The summed E-state index contributed by atoms with van der Waals surface area (Å²) in [6.45, 7) is 3.64. The number of carboxylic acid groups (broad SMARTS) is 1. The Kier molecular flexibility index (Phi) is 10.7. The van der Waals surface area contributed by atoms with E-state index in [1.165, 1.54) is 18.9 Å². The van der Waals surface area contributed by atoms with Crippen molar-refractivity contribution >= 4 is 36.3 Å². The van der Waals surface area contributed by atoms with Crippen LogP contribution >= 0.6 is 12.6 Å². The molecule has 0 radical (unpaired) electrons. The minimum atomic E-state index is -1.24. The average Bonchev–Trinajstić information content (AvgIpc) is 3.53.